The summed E-state index contributed by atoms with van der Waals surface area (Å²) in [4.78, 5) is 11.1. The van der Waals surface area contributed by atoms with Crippen molar-refractivity contribution in [3.05, 3.63) is 29.7 Å². The first-order valence-electron chi connectivity index (χ1n) is 4.00. The van der Waals surface area contributed by atoms with Gasteiger partial charge in [-0.15, -0.1) is 0 Å². The predicted molar refractivity (Wildman–Crippen MR) is 47.8 cm³/mol. The summed E-state index contributed by atoms with van der Waals surface area (Å²) in [7, 11) is 0. The average molecular weight is 180 g/mol. The van der Waals surface area contributed by atoms with Crippen LogP contribution in [0.5, 0.6) is 0 Å². The Balaban J connectivity index is 2.35. The molecule has 0 aliphatic carbocycles. The van der Waals surface area contributed by atoms with E-state index in [0.717, 1.165) is 11.3 Å². The summed E-state index contributed by atoms with van der Waals surface area (Å²) in [5.41, 5.74) is 1.69. The second-order valence-corrected chi connectivity index (χ2v) is 2.93. The molecule has 70 valence electrons. The van der Waals surface area contributed by atoms with Crippen molar-refractivity contribution in [2.24, 2.45) is 0 Å². The second kappa shape index (κ2) is 4.45. The molecule has 0 atom stereocenters. The smallest absolute Gasteiger partial charge is 0.244 e. The average Bonchev–Trinajstić information content (AvgIpc) is 2.51. The monoisotopic (exact) mass is 180 g/mol. The fourth-order valence-electron chi connectivity index (χ4n) is 0.820. The third kappa shape index (κ3) is 3.55. The highest BCUT2D eigenvalue weighted by molar-refractivity contribution is 5.87. The van der Waals surface area contributed by atoms with Crippen LogP contribution in [0.2, 0.25) is 0 Å². The van der Waals surface area contributed by atoms with Crippen LogP contribution in [0.1, 0.15) is 19.5 Å². The van der Waals surface area contributed by atoms with Gasteiger partial charge in [0, 0.05) is 12.1 Å². The lowest BCUT2D eigenvalue weighted by Gasteiger charge is -1.97. The van der Waals surface area contributed by atoms with Gasteiger partial charge in [0.2, 0.25) is 5.91 Å². The number of hydrogen-bond acceptors (Lipinski definition) is 3. The quantitative estimate of drug-likeness (QED) is 0.712. The summed E-state index contributed by atoms with van der Waals surface area (Å²) in [6.45, 7) is 4.14. The van der Waals surface area contributed by atoms with Gasteiger partial charge in [-0.3, -0.25) is 4.79 Å². The largest absolute Gasteiger partial charge is 0.364 e. The molecular weight excluding hydrogens is 168 g/mol. The molecule has 1 aromatic heterocycles. The number of rotatable bonds is 3. The molecule has 0 bridgehead atoms. The van der Waals surface area contributed by atoms with E-state index in [2.05, 4.69) is 15.0 Å². The van der Waals surface area contributed by atoms with Crippen LogP contribution >= 0.6 is 0 Å². The molecule has 0 saturated carbocycles. The third-order valence-corrected chi connectivity index (χ3v) is 1.35. The summed E-state index contributed by atoms with van der Waals surface area (Å²) in [5, 5.41) is 6.34. The zero-order valence-electron chi connectivity index (χ0n) is 7.70. The SMILES string of the molecule is CC(C)=CC(=O)NCc1ccon1. The van der Waals surface area contributed by atoms with Crippen molar-refractivity contribution in [3.8, 4) is 0 Å². The van der Waals surface area contributed by atoms with E-state index in [1.54, 1.807) is 12.1 Å². The highest BCUT2D eigenvalue weighted by atomic mass is 16.5. The third-order valence-electron chi connectivity index (χ3n) is 1.35. The predicted octanol–water partition coefficient (Wildman–Crippen LogP) is 1.26. The van der Waals surface area contributed by atoms with E-state index in [4.69, 9.17) is 0 Å². The lowest BCUT2D eigenvalue weighted by atomic mass is 10.3. The van der Waals surface area contributed by atoms with Gasteiger partial charge in [-0.25, -0.2) is 0 Å². The minimum Gasteiger partial charge on any atom is -0.364 e. The number of nitrogens with one attached hydrogen (secondary N) is 1. The van der Waals surface area contributed by atoms with Gasteiger partial charge < -0.3 is 9.84 Å². The van der Waals surface area contributed by atoms with Gasteiger partial charge in [-0.1, -0.05) is 10.7 Å². The Hall–Kier alpha value is -1.58. The molecule has 0 fully saturated rings. The molecule has 1 rings (SSSR count). The number of nitrogens with zero attached hydrogens (tertiary/aromatic N) is 1. The van der Waals surface area contributed by atoms with Crippen LogP contribution in [0, 0.1) is 0 Å². The Kier molecular flexibility index (Phi) is 3.25. The van der Waals surface area contributed by atoms with Crippen molar-refractivity contribution in [2.45, 2.75) is 20.4 Å². The van der Waals surface area contributed by atoms with Gasteiger partial charge in [-0.05, 0) is 13.8 Å². The summed E-state index contributed by atoms with van der Waals surface area (Å²) in [6.07, 6.45) is 3.02. The molecule has 0 aliphatic heterocycles. The van der Waals surface area contributed by atoms with Gasteiger partial charge in [0.25, 0.3) is 0 Å². The number of allylic oxidation sites excluding steroid dienone is 1. The van der Waals surface area contributed by atoms with E-state index in [0.29, 0.717) is 6.54 Å². The van der Waals surface area contributed by atoms with Crippen LogP contribution in [0.3, 0.4) is 0 Å². The molecule has 0 aliphatic rings. The maximum Gasteiger partial charge on any atom is 0.244 e. The lowest BCUT2D eigenvalue weighted by Crippen LogP contribution is -2.20. The normalized spacial score (nSPS) is 9.38. The topological polar surface area (TPSA) is 55.1 Å². The van der Waals surface area contributed by atoms with E-state index >= 15 is 0 Å². The van der Waals surface area contributed by atoms with Crippen molar-refractivity contribution in [1.82, 2.24) is 10.5 Å². The van der Waals surface area contributed by atoms with Gasteiger partial charge >= 0.3 is 0 Å². The van der Waals surface area contributed by atoms with Crippen molar-refractivity contribution < 1.29 is 9.32 Å². The molecule has 4 heteroatoms. The van der Waals surface area contributed by atoms with E-state index in [9.17, 15) is 4.79 Å². The fraction of sp³-hybridized carbons (Fsp3) is 0.333. The molecule has 1 aromatic rings. The Bertz CT molecular complexity index is 297. The van der Waals surface area contributed by atoms with Gasteiger partial charge in [0.15, 0.2) is 0 Å². The van der Waals surface area contributed by atoms with E-state index in [1.165, 1.54) is 6.26 Å². The number of carbonyl (C=O) groups is 1. The van der Waals surface area contributed by atoms with Gasteiger partial charge in [-0.2, -0.15) is 0 Å². The molecular formula is C9H12N2O2. The van der Waals surface area contributed by atoms with Crippen molar-refractivity contribution in [1.29, 1.82) is 0 Å². The standard InChI is InChI=1S/C9H12N2O2/c1-7(2)5-9(12)10-6-8-3-4-13-11-8/h3-5H,6H2,1-2H3,(H,10,12). The molecule has 0 radical (unpaired) electrons. The van der Waals surface area contributed by atoms with Crippen molar-refractivity contribution in [2.75, 3.05) is 0 Å². The van der Waals surface area contributed by atoms with Crippen LogP contribution in [-0.2, 0) is 11.3 Å². The molecule has 0 saturated heterocycles. The maximum absolute atomic E-state index is 11.1. The van der Waals surface area contributed by atoms with Crippen LogP contribution < -0.4 is 5.32 Å². The Labute approximate surface area is 76.6 Å². The highest BCUT2D eigenvalue weighted by Crippen LogP contribution is 1.93. The highest BCUT2D eigenvalue weighted by Gasteiger charge is 1.98. The van der Waals surface area contributed by atoms with Crippen LogP contribution in [0.25, 0.3) is 0 Å². The van der Waals surface area contributed by atoms with Crippen molar-refractivity contribution >= 4 is 5.91 Å². The zero-order valence-corrected chi connectivity index (χ0v) is 7.70. The first-order chi connectivity index (χ1) is 6.18. The molecule has 1 amide bonds. The Morgan fingerprint density at radius 2 is 2.46 bits per heavy atom. The van der Waals surface area contributed by atoms with E-state index in [-0.39, 0.29) is 5.91 Å². The minimum absolute atomic E-state index is 0.108. The maximum atomic E-state index is 11.1. The van der Waals surface area contributed by atoms with Gasteiger partial charge in [0.05, 0.1) is 6.54 Å². The van der Waals surface area contributed by atoms with Crippen LogP contribution in [0.15, 0.2) is 28.5 Å². The Morgan fingerprint density at radius 3 is 3.00 bits per heavy atom. The minimum atomic E-state index is -0.108. The van der Waals surface area contributed by atoms with Crippen molar-refractivity contribution in [3.63, 3.8) is 0 Å². The molecule has 4 nitrogen and oxygen atoms in total. The molecule has 0 unspecified atom stereocenters. The Morgan fingerprint density at radius 1 is 1.69 bits per heavy atom. The fourth-order valence-corrected chi connectivity index (χ4v) is 0.820. The number of amides is 1. The first kappa shape index (κ1) is 9.51. The molecule has 1 N–H and O–H groups in total. The molecule has 0 aromatic carbocycles. The summed E-state index contributed by atoms with van der Waals surface area (Å²) >= 11 is 0. The second-order valence-electron chi connectivity index (χ2n) is 2.93. The van der Waals surface area contributed by atoms with Crippen LogP contribution in [-0.4, -0.2) is 11.1 Å². The number of aromatic nitrogens is 1. The lowest BCUT2D eigenvalue weighted by molar-refractivity contribution is -0.116. The molecule has 0 spiro atoms. The summed E-state index contributed by atoms with van der Waals surface area (Å²) < 4.78 is 4.61. The summed E-state index contributed by atoms with van der Waals surface area (Å²) in [6, 6.07) is 1.71. The first-order valence-corrected chi connectivity index (χ1v) is 4.00. The zero-order chi connectivity index (χ0) is 9.68. The van der Waals surface area contributed by atoms with E-state index < -0.39 is 0 Å². The van der Waals surface area contributed by atoms with Crippen LogP contribution in [0.4, 0.5) is 0 Å². The number of hydrogen-bond donors (Lipinski definition) is 1. The molecule has 1 heterocycles. The molecule has 13 heavy (non-hydrogen) atoms. The van der Waals surface area contributed by atoms with E-state index in [1.807, 2.05) is 13.8 Å². The van der Waals surface area contributed by atoms with Gasteiger partial charge in [0.1, 0.15) is 12.0 Å². The summed E-state index contributed by atoms with van der Waals surface area (Å²) in [5.74, 6) is -0.108. The number of carbonyl (C=O) groups excluding carboxylic acids is 1.